The predicted molar refractivity (Wildman–Crippen MR) is 151 cm³/mol. The molecule has 0 bridgehead atoms. The number of carbonyl (C=O) groups is 3. The SMILES string of the molecule is C[C@@H]1CN(C(=O)[C@@H](Cc2ccccc2)NC(=O)c2ccc(Cl)c(Cl)c2)CCN1C(=O)c1ccc(Cl)cc1Cl. The van der Waals surface area contributed by atoms with Gasteiger partial charge in [0.05, 0.1) is 20.6 Å². The van der Waals surface area contributed by atoms with Gasteiger partial charge in [-0.2, -0.15) is 0 Å². The van der Waals surface area contributed by atoms with Crippen molar-refractivity contribution in [2.24, 2.45) is 0 Å². The monoisotopic (exact) mass is 591 g/mol. The number of halogens is 4. The van der Waals surface area contributed by atoms with E-state index in [0.29, 0.717) is 47.2 Å². The summed E-state index contributed by atoms with van der Waals surface area (Å²) in [5.74, 6) is -0.886. The summed E-state index contributed by atoms with van der Waals surface area (Å²) >= 11 is 24.3. The molecule has 1 aliphatic heterocycles. The van der Waals surface area contributed by atoms with Gasteiger partial charge in [-0.3, -0.25) is 14.4 Å². The van der Waals surface area contributed by atoms with E-state index in [-0.39, 0.29) is 27.9 Å². The minimum Gasteiger partial charge on any atom is -0.340 e. The van der Waals surface area contributed by atoms with Gasteiger partial charge >= 0.3 is 0 Å². The molecule has 2 atom stereocenters. The fraction of sp³-hybridized carbons (Fsp3) is 0.250. The van der Waals surface area contributed by atoms with E-state index in [0.717, 1.165) is 5.56 Å². The molecule has 1 N–H and O–H groups in total. The second-order valence-electron chi connectivity index (χ2n) is 9.10. The molecule has 3 aromatic rings. The maximum Gasteiger partial charge on any atom is 0.255 e. The maximum absolute atomic E-state index is 13.7. The van der Waals surface area contributed by atoms with Crippen molar-refractivity contribution >= 4 is 64.1 Å². The Morgan fingerprint density at radius 2 is 1.63 bits per heavy atom. The number of benzene rings is 3. The fourth-order valence-corrected chi connectivity index (χ4v) is 5.21. The summed E-state index contributed by atoms with van der Waals surface area (Å²) in [5.41, 5.74) is 1.56. The van der Waals surface area contributed by atoms with E-state index in [9.17, 15) is 14.4 Å². The second-order valence-corrected chi connectivity index (χ2v) is 10.8. The van der Waals surface area contributed by atoms with Gasteiger partial charge in [0.25, 0.3) is 11.8 Å². The third-order valence-corrected chi connectivity index (χ3v) is 7.72. The van der Waals surface area contributed by atoms with Crippen LogP contribution >= 0.6 is 46.4 Å². The van der Waals surface area contributed by atoms with Crippen molar-refractivity contribution in [3.63, 3.8) is 0 Å². The molecule has 4 rings (SSSR count). The number of rotatable bonds is 6. The highest BCUT2D eigenvalue weighted by Gasteiger charge is 2.34. The van der Waals surface area contributed by atoms with Gasteiger partial charge in [0.15, 0.2) is 0 Å². The number of nitrogens with zero attached hydrogens (tertiary/aromatic N) is 2. The van der Waals surface area contributed by atoms with Gasteiger partial charge in [0, 0.05) is 42.7 Å². The van der Waals surface area contributed by atoms with Gasteiger partial charge in [-0.05, 0) is 48.9 Å². The molecule has 10 heteroatoms. The molecule has 38 heavy (non-hydrogen) atoms. The summed E-state index contributed by atoms with van der Waals surface area (Å²) in [5, 5.41) is 4.18. The number of nitrogens with one attached hydrogen (secondary N) is 1. The lowest BCUT2D eigenvalue weighted by atomic mass is 10.0. The molecule has 3 amide bonds. The minimum absolute atomic E-state index is 0.222. The van der Waals surface area contributed by atoms with Crippen LogP contribution in [0.2, 0.25) is 20.1 Å². The first kappa shape index (κ1) is 28.2. The summed E-state index contributed by atoms with van der Waals surface area (Å²) in [6.07, 6.45) is 0.306. The molecule has 1 aliphatic rings. The van der Waals surface area contributed by atoms with E-state index in [1.807, 2.05) is 37.3 Å². The Morgan fingerprint density at radius 1 is 0.895 bits per heavy atom. The quantitative estimate of drug-likeness (QED) is 0.381. The molecular weight excluding hydrogens is 568 g/mol. The Kier molecular flexibility index (Phi) is 9.21. The zero-order chi connectivity index (χ0) is 27.4. The van der Waals surface area contributed by atoms with E-state index in [4.69, 9.17) is 46.4 Å². The van der Waals surface area contributed by atoms with Crippen LogP contribution in [-0.2, 0) is 11.2 Å². The van der Waals surface area contributed by atoms with Crippen LogP contribution in [0.15, 0.2) is 66.7 Å². The highest BCUT2D eigenvalue weighted by atomic mass is 35.5. The van der Waals surface area contributed by atoms with Crippen molar-refractivity contribution in [1.82, 2.24) is 15.1 Å². The molecule has 198 valence electrons. The summed E-state index contributed by atoms with van der Waals surface area (Å²) in [7, 11) is 0. The zero-order valence-electron chi connectivity index (χ0n) is 20.5. The van der Waals surface area contributed by atoms with Crippen LogP contribution in [0.1, 0.15) is 33.2 Å². The number of hydrogen-bond acceptors (Lipinski definition) is 3. The highest BCUT2D eigenvalue weighted by Crippen LogP contribution is 2.25. The summed E-state index contributed by atoms with van der Waals surface area (Å²) in [4.78, 5) is 43.3. The molecule has 0 unspecified atom stereocenters. The zero-order valence-corrected chi connectivity index (χ0v) is 23.5. The van der Waals surface area contributed by atoms with E-state index in [2.05, 4.69) is 5.32 Å². The molecule has 0 saturated carbocycles. The normalized spacial score (nSPS) is 16.2. The first-order valence-electron chi connectivity index (χ1n) is 12.0. The number of amides is 3. The van der Waals surface area contributed by atoms with Gasteiger partial charge in [0.1, 0.15) is 6.04 Å². The Balaban J connectivity index is 1.50. The number of carbonyl (C=O) groups excluding carboxylic acids is 3. The average molecular weight is 593 g/mol. The number of piperazine rings is 1. The third kappa shape index (κ3) is 6.62. The van der Waals surface area contributed by atoms with Crippen molar-refractivity contribution < 1.29 is 14.4 Å². The maximum atomic E-state index is 13.7. The second kappa shape index (κ2) is 12.4. The lowest BCUT2D eigenvalue weighted by molar-refractivity contribution is -0.135. The van der Waals surface area contributed by atoms with Gasteiger partial charge in [-0.1, -0.05) is 76.7 Å². The Hall–Kier alpha value is -2.77. The molecule has 1 heterocycles. The molecule has 0 aliphatic carbocycles. The summed E-state index contributed by atoms with van der Waals surface area (Å²) in [6, 6.07) is 17.7. The van der Waals surface area contributed by atoms with E-state index in [1.54, 1.807) is 28.0 Å². The topological polar surface area (TPSA) is 69.7 Å². The van der Waals surface area contributed by atoms with Crippen molar-refractivity contribution in [2.45, 2.75) is 25.4 Å². The molecule has 0 aromatic heterocycles. The fourth-order valence-electron chi connectivity index (χ4n) is 4.43. The van der Waals surface area contributed by atoms with Gasteiger partial charge in [-0.15, -0.1) is 0 Å². The van der Waals surface area contributed by atoms with Crippen LogP contribution in [0.5, 0.6) is 0 Å². The van der Waals surface area contributed by atoms with Gasteiger partial charge in [-0.25, -0.2) is 0 Å². The van der Waals surface area contributed by atoms with Crippen molar-refractivity contribution in [3.05, 3.63) is 104 Å². The van der Waals surface area contributed by atoms with Crippen LogP contribution < -0.4 is 5.32 Å². The molecule has 1 fully saturated rings. The molecule has 0 spiro atoms. The first-order valence-corrected chi connectivity index (χ1v) is 13.5. The smallest absolute Gasteiger partial charge is 0.255 e. The van der Waals surface area contributed by atoms with E-state index in [1.165, 1.54) is 18.2 Å². The van der Waals surface area contributed by atoms with E-state index < -0.39 is 11.9 Å². The van der Waals surface area contributed by atoms with Crippen LogP contribution in [-0.4, -0.2) is 59.2 Å². The summed E-state index contributed by atoms with van der Waals surface area (Å²) < 4.78 is 0. The first-order chi connectivity index (χ1) is 18.1. The van der Waals surface area contributed by atoms with Crippen molar-refractivity contribution in [1.29, 1.82) is 0 Å². The van der Waals surface area contributed by atoms with E-state index >= 15 is 0 Å². The molecular formula is C28H25Cl4N3O3. The van der Waals surface area contributed by atoms with Gasteiger partial charge < -0.3 is 15.1 Å². The standard InChI is InChI=1S/C28H25Cl4N3O3/c1-17-16-34(11-12-35(17)27(37)21-9-8-20(29)15-23(21)31)28(38)25(13-18-5-3-2-4-6-18)33-26(36)19-7-10-22(30)24(32)14-19/h2-10,14-15,17,25H,11-13,16H2,1H3,(H,33,36)/t17-,25-/m1/s1. The molecule has 1 saturated heterocycles. The molecule has 0 radical (unpaired) electrons. The van der Waals surface area contributed by atoms with Crippen LogP contribution in [0.4, 0.5) is 0 Å². The Morgan fingerprint density at radius 3 is 2.29 bits per heavy atom. The largest absolute Gasteiger partial charge is 0.340 e. The lowest BCUT2D eigenvalue weighted by Crippen LogP contribution is -2.59. The third-order valence-electron chi connectivity index (χ3n) is 6.43. The minimum atomic E-state index is -0.820. The summed E-state index contributed by atoms with van der Waals surface area (Å²) in [6.45, 7) is 2.82. The van der Waals surface area contributed by atoms with Crippen molar-refractivity contribution in [2.75, 3.05) is 19.6 Å². The van der Waals surface area contributed by atoms with Gasteiger partial charge in [0.2, 0.25) is 5.91 Å². The molecule has 6 nitrogen and oxygen atoms in total. The highest BCUT2D eigenvalue weighted by molar-refractivity contribution is 6.42. The average Bonchev–Trinajstić information content (AvgIpc) is 2.89. The molecule has 3 aromatic carbocycles. The van der Waals surface area contributed by atoms with Crippen LogP contribution in [0.3, 0.4) is 0 Å². The predicted octanol–water partition coefficient (Wildman–Crippen LogP) is 6.01. The number of hydrogen-bond donors (Lipinski definition) is 1. The lowest BCUT2D eigenvalue weighted by Gasteiger charge is -2.41. The Labute approximate surface area is 241 Å². The Bertz CT molecular complexity index is 1350. The van der Waals surface area contributed by atoms with Crippen LogP contribution in [0, 0.1) is 0 Å². The van der Waals surface area contributed by atoms with Crippen molar-refractivity contribution in [3.8, 4) is 0 Å². The van der Waals surface area contributed by atoms with Crippen LogP contribution in [0.25, 0.3) is 0 Å².